The van der Waals surface area contributed by atoms with E-state index < -0.39 is 24.2 Å². The Morgan fingerprint density at radius 2 is 1.54 bits per heavy atom. The number of nitrogens with zero attached hydrogens (tertiary/aromatic N) is 3. The van der Waals surface area contributed by atoms with Crippen molar-refractivity contribution in [2.45, 2.75) is 117 Å². The fourth-order valence-corrected chi connectivity index (χ4v) is 9.03. The number of rotatable bonds is 23. The molecule has 1 fully saturated rings. The van der Waals surface area contributed by atoms with Crippen molar-refractivity contribution in [1.29, 1.82) is 0 Å². The molecular formula is C55H74ClN7O5. The number of carbonyl (C=O) groups is 3. The lowest BCUT2D eigenvalue weighted by Gasteiger charge is -2.37. The van der Waals surface area contributed by atoms with E-state index in [-0.39, 0.29) is 36.8 Å². The van der Waals surface area contributed by atoms with E-state index >= 15 is 0 Å². The van der Waals surface area contributed by atoms with E-state index in [2.05, 4.69) is 51.9 Å². The van der Waals surface area contributed by atoms with Crippen LogP contribution in [0.2, 0.25) is 5.02 Å². The standard InChI is InChI=1S/C37H48N4O5.C18H26ClN3/c1-25(2)34(41-20-12-19-38-37(41)45)36(44)39-30(21-28-15-7-5-8-16-28)23-32(42)31(22-29-17-9-6-10-18-29)40-33(43)24-46-35-26(3)13-11-14-27(35)4;1-4-22(5-2)12-6-7-14(3)21-17-10-11-20-18-13-15(19)8-9-16(17)18/h5-11,13-18,25,30-32,34,42H,12,19-24H2,1-4H3,(H,38,45)(H,39,44)(H,40,43);8-11,13-14H,4-7,12H2,1-3H3,(H,20,21)/t30-,31-,32-,34-;/m0./s1. The van der Waals surface area contributed by atoms with Gasteiger partial charge in [-0.05, 0) is 131 Å². The number of pyridine rings is 1. The van der Waals surface area contributed by atoms with Gasteiger partial charge >= 0.3 is 6.03 Å². The summed E-state index contributed by atoms with van der Waals surface area (Å²) in [6.07, 6.45) is 5.04. The van der Waals surface area contributed by atoms with Gasteiger partial charge in [-0.2, -0.15) is 0 Å². The molecule has 12 nitrogen and oxygen atoms in total. The van der Waals surface area contributed by atoms with Crippen molar-refractivity contribution in [3.63, 3.8) is 0 Å². The highest BCUT2D eigenvalue weighted by Gasteiger charge is 2.35. The maximum Gasteiger partial charge on any atom is 0.318 e. The minimum absolute atomic E-state index is 0.117. The van der Waals surface area contributed by atoms with Gasteiger partial charge in [-0.15, -0.1) is 0 Å². The fourth-order valence-electron chi connectivity index (χ4n) is 8.86. The number of aryl methyl sites for hydroxylation is 2. The number of fused-ring (bicyclic) bond motifs is 1. The molecule has 5 N–H and O–H groups in total. The Labute approximate surface area is 409 Å². The average Bonchev–Trinajstić information content (AvgIpc) is 3.31. The third-order valence-corrected chi connectivity index (χ3v) is 12.8. The van der Waals surface area contributed by atoms with E-state index in [1.807, 2.05) is 137 Å². The molecule has 0 spiro atoms. The number of hydrogen-bond donors (Lipinski definition) is 5. The number of ether oxygens (including phenoxy) is 1. The normalized spacial score (nSPS) is 14.8. The molecule has 6 rings (SSSR count). The van der Waals surface area contributed by atoms with Crippen LogP contribution in [-0.4, -0.2) is 107 Å². The third-order valence-electron chi connectivity index (χ3n) is 12.5. The lowest BCUT2D eigenvalue weighted by atomic mass is 9.92. The van der Waals surface area contributed by atoms with Gasteiger partial charge in [0.1, 0.15) is 11.8 Å². The van der Waals surface area contributed by atoms with Gasteiger partial charge in [0.05, 0.1) is 17.7 Å². The molecule has 0 saturated carbocycles. The molecule has 5 aromatic rings. The lowest BCUT2D eigenvalue weighted by molar-refractivity contribution is -0.128. The summed E-state index contributed by atoms with van der Waals surface area (Å²) in [5.41, 5.74) is 5.92. The number of amides is 4. The number of nitrogens with one attached hydrogen (secondary N) is 4. The largest absolute Gasteiger partial charge is 0.483 e. The van der Waals surface area contributed by atoms with Crippen LogP contribution in [0.15, 0.2) is 109 Å². The van der Waals surface area contributed by atoms with E-state index in [4.69, 9.17) is 16.3 Å². The van der Waals surface area contributed by atoms with Crippen molar-refractivity contribution < 1.29 is 24.2 Å². The van der Waals surface area contributed by atoms with Gasteiger partial charge in [-0.3, -0.25) is 14.6 Å². The monoisotopic (exact) mass is 948 g/mol. The van der Waals surface area contributed by atoms with E-state index in [1.54, 1.807) is 4.90 Å². The van der Waals surface area contributed by atoms with Gasteiger partial charge in [0.15, 0.2) is 6.61 Å². The molecule has 13 heteroatoms. The zero-order chi connectivity index (χ0) is 49.0. The highest BCUT2D eigenvalue weighted by molar-refractivity contribution is 6.31. The summed E-state index contributed by atoms with van der Waals surface area (Å²) in [5.74, 6) is -0.0493. The summed E-state index contributed by atoms with van der Waals surface area (Å²) in [6, 6.07) is 31.6. The minimum atomic E-state index is -0.992. The Bertz CT molecular complexity index is 2310. The SMILES string of the molecule is CCN(CC)CCCC(C)Nc1ccnc2cc(Cl)ccc12.Cc1cccc(C)c1OCC(=O)N[C@@H](Cc1ccccc1)[C@@H](O)C[C@H](Cc1ccccc1)NC(=O)[C@H](C(C)C)N1CCCNC1=O. The summed E-state index contributed by atoms with van der Waals surface area (Å²) in [7, 11) is 0. The van der Waals surface area contributed by atoms with Crippen LogP contribution in [-0.2, 0) is 22.4 Å². The van der Waals surface area contributed by atoms with Crippen molar-refractivity contribution in [2.75, 3.05) is 44.6 Å². The van der Waals surface area contributed by atoms with Gasteiger partial charge in [0.25, 0.3) is 5.91 Å². The van der Waals surface area contributed by atoms with Gasteiger partial charge < -0.3 is 40.9 Å². The first-order valence-electron chi connectivity index (χ1n) is 24.4. The number of aromatic nitrogens is 1. The molecule has 5 atom stereocenters. The van der Waals surface area contributed by atoms with E-state index in [0.717, 1.165) is 69.8 Å². The van der Waals surface area contributed by atoms with Crippen molar-refractivity contribution in [3.8, 4) is 5.75 Å². The summed E-state index contributed by atoms with van der Waals surface area (Å²) in [5, 5.41) is 26.2. The second kappa shape index (κ2) is 27.3. The summed E-state index contributed by atoms with van der Waals surface area (Å²) < 4.78 is 5.90. The maximum atomic E-state index is 13.8. The third kappa shape index (κ3) is 16.5. The molecule has 1 saturated heterocycles. The maximum absolute atomic E-state index is 13.8. The highest BCUT2D eigenvalue weighted by atomic mass is 35.5. The van der Waals surface area contributed by atoms with Crippen LogP contribution < -0.4 is 26.0 Å². The molecule has 2 heterocycles. The van der Waals surface area contributed by atoms with Crippen molar-refractivity contribution >= 4 is 46.0 Å². The summed E-state index contributed by atoms with van der Waals surface area (Å²) in [4.78, 5) is 48.2. The Morgan fingerprint density at radius 3 is 2.18 bits per heavy atom. The smallest absolute Gasteiger partial charge is 0.318 e. The van der Waals surface area contributed by atoms with Crippen molar-refractivity contribution in [3.05, 3.63) is 137 Å². The Balaban J connectivity index is 0.000000327. The zero-order valence-electron chi connectivity index (χ0n) is 41.1. The second-order valence-electron chi connectivity index (χ2n) is 18.3. The number of halogens is 1. The van der Waals surface area contributed by atoms with Crippen molar-refractivity contribution in [2.24, 2.45) is 5.92 Å². The average molecular weight is 949 g/mol. The Morgan fingerprint density at radius 1 is 0.882 bits per heavy atom. The number of benzene rings is 4. The van der Waals surface area contributed by atoms with Crippen LogP contribution in [0.5, 0.6) is 5.75 Å². The molecule has 0 radical (unpaired) electrons. The molecule has 366 valence electrons. The predicted molar refractivity (Wildman–Crippen MR) is 276 cm³/mol. The molecule has 1 aromatic heterocycles. The number of aliphatic hydroxyl groups is 1. The van der Waals surface area contributed by atoms with E-state index in [1.165, 1.54) is 13.0 Å². The molecular weight excluding hydrogens is 874 g/mol. The molecule has 1 aliphatic rings. The summed E-state index contributed by atoms with van der Waals surface area (Å²) >= 11 is 6.04. The van der Waals surface area contributed by atoms with Crippen LogP contribution >= 0.6 is 11.6 Å². The van der Waals surface area contributed by atoms with Gasteiger partial charge in [0, 0.05) is 47.5 Å². The first kappa shape index (κ1) is 53.3. The number of urea groups is 1. The summed E-state index contributed by atoms with van der Waals surface area (Å²) in [6.45, 7) is 18.8. The lowest BCUT2D eigenvalue weighted by Crippen LogP contribution is -2.59. The van der Waals surface area contributed by atoms with Gasteiger partial charge in [0.2, 0.25) is 5.91 Å². The number of aliphatic hydroxyl groups excluding tert-OH is 1. The zero-order valence-corrected chi connectivity index (χ0v) is 41.9. The molecule has 0 bridgehead atoms. The number of anilines is 1. The number of para-hydroxylation sites is 1. The fraction of sp³-hybridized carbons (Fsp3) is 0.455. The molecule has 4 amide bonds. The first-order valence-corrected chi connectivity index (χ1v) is 24.8. The Hall–Kier alpha value is -5.69. The van der Waals surface area contributed by atoms with Gasteiger partial charge in [-0.25, -0.2) is 4.79 Å². The van der Waals surface area contributed by atoms with Crippen LogP contribution in [0, 0.1) is 19.8 Å². The molecule has 1 aliphatic heterocycles. The highest BCUT2D eigenvalue weighted by Crippen LogP contribution is 2.26. The quantitative estimate of drug-likeness (QED) is 0.0436. The molecule has 0 aliphatic carbocycles. The van der Waals surface area contributed by atoms with Gasteiger partial charge in [-0.1, -0.05) is 118 Å². The molecule has 68 heavy (non-hydrogen) atoms. The van der Waals surface area contributed by atoms with Crippen molar-refractivity contribution in [1.82, 2.24) is 30.7 Å². The van der Waals surface area contributed by atoms with Crippen LogP contribution in [0.1, 0.15) is 82.6 Å². The minimum Gasteiger partial charge on any atom is -0.483 e. The molecule has 1 unspecified atom stereocenters. The number of carbonyl (C=O) groups excluding carboxylic acids is 3. The van der Waals surface area contributed by atoms with Crippen LogP contribution in [0.25, 0.3) is 10.9 Å². The molecule has 4 aromatic carbocycles. The van der Waals surface area contributed by atoms with E-state index in [0.29, 0.717) is 37.7 Å². The van der Waals surface area contributed by atoms with Crippen LogP contribution in [0.3, 0.4) is 0 Å². The number of hydrogen-bond acceptors (Lipinski definition) is 8. The predicted octanol–water partition coefficient (Wildman–Crippen LogP) is 9.14. The van der Waals surface area contributed by atoms with E-state index in [9.17, 15) is 19.5 Å². The Kier molecular flexibility index (Phi) is 21.4. The topological polar surface area (TPSA) is 148 Å². The van der Waals surface area contributed by atoms with Crippen LogP contribution in [0.4, 0.5) is 10.5 Å². The first-order chi connectivity index (χ1) is 32.8. The second-order valence-corrected chi connectivity index (χ2v) is 18.7.